The number of aromatic nitrogens is 3. The normalized spacial score (nSPS) is 14.9. The van der Waals surface area contributed by atoms with Crippen molar-refractivity contribution >= 4 is 22.5 Å². The lowest BCUT2D eigenvalue weighted by molar-refractivity contribution is 0.1000. The van der Waals surface area contributed by atoms with Crippen molar-refractivity contribution in [3.8, 4) is 0 Å². The molecule has 1 amide bonds. The molecule has 1 saturated heterocycles. The average molecular weight is 307 g/mol. The minimum absolute atomic E-state index is 0.260. The number of carbonyl (C=O) groups excluding carboxylic acids is 1. The predicted molar refractivity (Wildman–Crippen MR) is 88.5 cm³/mol. The predicted octanol–water partition coefficient (Wildman–Crippen LogP) is 1.90. The molecule has 3 heterocycles. The number of hydrogen-bond acceptors (Lipinski definition) is 4. The molecule has 4 rings (SSSR count). The summed E-state index contributed by atoms with van der Waals surface area (Å²) in [6.45, 7) is 3.72. The summed E-state index contributed by atoms with van der Waals surface area (Å²) in [5.41, 5.74) is 8.95. The van der Waals surface area contributed by atoms with Crippen LogP contribution in [-0.2, 0) is 0 Å². The topological polar surface area (TPSA) is 77.0 Å². The number of aryl methyl sites for hydroxylation is 1. The van der Waals surface area contributed by atoms with E-state index >= 15 is 0 Å². The molecule has 0 bridgehead atoms. The molecule has 0 aliphatic carbocycles. The third-order valence-corrected chi connectivity index (χ3v) is 4.29. The van der Waals surface area contributed by atoms with Crippen LogP contribution in [0.5, 0.6) is 0 Å². The molecular formula is C17H17N5O. The van der Waals surface area contributed by atoms with E-state index < -0.39 is 5.91 Å². The monoisotopic (exact) mass is 307 g/mol. The maximum absolute atomic E-state index is 11.2. The van der Waals surface area contributed by atoms with Crippen molar-refractivity contribution in [2.45, 2.75) is 13.0 Å². The van der Waals surface area contributed by atoms with Gasteiger partial charge in [-0.1, -0.05) is 18.2 Å². The first-order valence-electron chi connectivity index (χ1n) is 7.57. The van der Waals surface area contributed by atoms with E-state index in [1.165, 1.54) is 11.9 Å². The smallest absolute Gasteiger partial charge is 0.251 e. The Bertz CT molecular complexity index is 895. The maximum Gasteiger partial charge on any atom is 0.251 e. The van der Waals surface area contributed by atoms with Crippen LogP contribution in [0, 0.1) is 6.92 Å². The summed E-state index contributed by atoms with van der Waals surface area (Å²) in [5.74, 6) is -0.441. The third-order valence-electron chi connectivity index (χ3n) is 4.29. The van der Waals surface area contributed by atoms with Gasteiger partial charge in [-0.05, 0) is 19.1 Å². The Kier molecular flexibility index (Phi) is 3.04. The first-order valence-corrected chi connectivity index (χ1v) is 7.57. The number of anilines is 1. The molecule has 0 unspecified atom stereocenters. The number of para-hydroxylation sites is 1. The fraction of sp³-hybridized carbons (Fsp3) is 0.235. The summed E-state index contributed by atoms with van der Waals surface area (Å²) in [5, 5.41) is 5.41. The molecule has 0 spiro atoms. The molecule has 0 radical (unpaired) electrons. The third kappa shape index (κ3) is 2.32. The number of nitrogens with zero attached hydrogens (tertiary/aromatic N) is 4. The highest BCUT2D eigenvalue weighted by Crippen LogP contribution is 2.33. The SMILES string of the molecule is Cc1cc(N2CC(n3cc(C(N)=O)cn3)C2)c2ccccc2n1. The summed E-state index contributed by atoms with van der Waals surface area (Å²) in [4.78, 5) is 18.1. The molecule has 1 aliphatic rings. The van der Waals surface area contributed by atoms with Gasteiger partial charge >= 0.3 is 0 Å². The standard InChI is InChI=1S/C17H17N5O/c1-11-6-16(14-4-2-3-5-15(14)20-11)21-9-13(10-21)22-8-12(7-19-22)17(18)23/h2-8,13H,9-10H2,1H3,(H2,18,23). The van der Waals surface area contributed by atoms with Gasteiger partial charge in [-0.3, -0.25) is 14.5 Å². The highest BCUT2D eigenvalue weighted by atomic mass is 16.1. The molecule has 1 aromatic carbocycles. The van der Waals surface area contributed by atoms with Gasteiger partial charge in [0.25, 0.3) is 5.91 Å². The number of nitrogens with two attached hydrogens (primary N) is 1. The number of hydrogen-bond donors (Lipinski definition) is 1. The second kappa shape index (κ2) is 5.08. The van der Waals surface area contributed by atoms with Crippen molar-refractivity contribution in [3.05, 3.63) is 54.0 Å². The number of benzene rings is 1. The van der Waals surface area contributed by atoms with Gasteiger partial charge in [-0.2, -0.15) is 5.10 Å². The quantitative estimate of drug-likeness (QED) is 0.801. The number of fused-ring (bicyclic) bond motifs is 1. The van der Waals surface area contributed by atoms with Gasteiger partial charge in [-0.15, -0.1) is 0 Å². The van der Waals surface area contributed by atoms with Crippen LogP contribution in [0.3, 0.4) is 0 Å². The summed E-state index contributed by atoms with van der Waals surface area (Å²) >= 11 is 0. The van der Waals surface area contributed by atoms with Crippen molar-refractivity contribution in [2.75, 3.05) is 18.0 Å². The van der Waals surface area contributed by atoms with Crippen molar-refractivity contribution in [1.82, 2.24) is 14.8 Å². The minimum Gasteiger partial charge on any atom is -0.366 e. The Morgan fingerprint density at radius 2 is 2.09 bits per heavy atom. The molecule has 0 atom stereocenters. The molecule has 1 aliphatic heterocycles. The van der Waals surface area contributed by atoms with E-state index in [0.717, 1.165) is 29.7 Å². The van der Waals surface area contributed by atoms with Crippen LogP contribution in [0.1, 0.15) is 22.1 Å². The minimum atomic E-state index is -0.441. The Labute approximate surface area is 133 Å². The van der Waals surface area contributed by atoms with E-state index in [9.17, 15) is 4.79 Å². The van der Waals surface area contributed by atoms with Gasteiger partial charge in [0.15, 0.2) is 0 Å². The molecule has 2 aromatic heterocycles. The Hall–Kier alpha value is -2.89. The van der Waals surface area contributed by atoms with Gasteiger partial charge in [0.05, 0.1) is 23.3 Å². The molecule has 0 saturated carbocycles. The highest BCUT2D eigenvalue weighted by Gasteiger charge is 2.30. The second-order valence-corrected chi connectivity index (χ2v) is 5.93. The van der Waals surface area contributed by atoms with Crippen LogP contribution in [0.4, 0.5) is 5.69 Å². The zero-order valence-electron chi connectivity index (χ0n) is 12.8. The average Bonchev–Trinajstić information content (AvgIpc) is 2.95. The van der Waals surface area contributed by atoms with E-state index in [0.29, 0.717) is 5.56 Å². The van der Waals surface area contributed by atoms with Crippen molar-refractivity contribution in [1.29, 1.82) is 0 Å². The fourth-order valence-electron chi connectivity index (χ4n) is 3.03. The molecular weight excluding hydrogens is 290 g/mol. The highest BCUT2D eigenvalue weighted by molar-refractivity contribution is 5.93. The lowest BCUT2D eigenvalue weighted by atomic mass is 10.0. The molecule has 6 nitrogen and oxygen atoms in total. The molecule has 116 valence electrons. The molecule has 6 heteroatoms. The number of amides is 1. The van der Waals surface area contributed by atoms with Crippen LogP contribution >= 0.6 is 0 Å². The Morgan fingerprint density at radius 1 is 1.30 bits per heavy atom. The molecule has 23 heavy (non-hydrogen) atoms. The van der Waals surface area contributed by atoms with Gasteiger partial charge in [0.1, 0.15) is 0 Å². The Balaban J connectivity index is 1.59. The summed E-state index contributed by atoms with van der Waals surface area (Å²) in [7, 11) is 0. The lowest BCUT2D eigenvalue weighted by Gasteiger charge is -2.41. The summed E-state index contributed by atoms with van der Waals surface area (Å²) in [6, 6.07) is 10.6. The number of rotatable bonds is 3. The summed E-state index contributed by atoms with van der Waals surface area (Å²) < 4.78 is 1.83. The largest absolute Gasteiger partial charge is 0.366 e. The van der Waals surface area contributed by atoms with E-state index in [1.807, 2.05) is 29.8 Å². The first kappa shape index (κ1) is 13.8. The van der Waals surface area contributed by atoms with E-state index in [4.69, 9.17) is 5.73 Å². The van der Waals surface area contributed by atoms with Crippen LogP contribution in [0.15, 0.2) is 42.7 Å². The van der Waals surface area contributed by atoms with Gasteiger partial charge in [0, 0.05) is 36.1 Å². The van der Waals surface area contributed by atoms with E-state index in [1.54, 1.807) is 6.20 Å². The summed E-state index contributed by atoms with van der Waals surface area (Å²) in [6.07, 6.45) is 3.25. The molecule has 1 fully saturated rings. The van der Waals surface area contributed by atoms with Crippen molar-refractivity contribution in [2.24, 2.45) is 5.73 Å². The number of primary amides is 1. The van der Waals surface area contributed by atoms with Gasteiger partial charge < -0.3 is 10.6 Å². The fourth-order valence-corrected chi connectivity index (χ4v) is 3.03. The maximum atomic E-state index is 11.2. The van der Waals surface area contributed by atoms with Crippen LogP contribution < -0.4 is 10.6 Å². The van der Waals surface area contributed by atoms with Crippen molar-refractivity contribution < 1.29 is 4.79 Å². The van der Waals surface area contributed by atoms with Gasteiger partial charge in [-0.25, -0.2) is 0 Å². The molecule has 3 aromatic rings. The van der Waals surface area contributed by atoms with Crippen LogP contribution in [0.25, 0.3) is 10.9 Å². The zero-order chi connectivity index (χ0) is 16.0. The first-order chi connectivity index (χ1) is 11.1. The van der Waals surface area contributed by atoms with Crippen LogP contribution in [0.2, 0.25) is 0 Å². The van der Waals surface area contributed by atoms with E-state index in [2.05, 4.69) is 27.1 Å². The number of carbonyl (C=O) groups is 1. The van der Waals surface area contributed by atoms with Gasteiger partial charge in [0.2, 0.25) is 0 Å². The second-order valence-electron chi connectivity index (χ2n) is 5.93. The number of pyridine rings is 1. The van der Waals surface area contributed by atoms with Crippen LogP contribution in [-0.4, -0.2) is 33.8 Å². The molecule has 2 N–H and O–H groups in total. The lowest BCUT2D eigenvalue weighted by Crippen LogP contribution is -2.48. The Morgan fingerprint density at radius 3 is 2.83 bits per heavy atom. The van der Waals surface area contributed by atoms with Crippen molar-refractivity contribution in [3.63, 3.8) is 0 Å². The van der Waals surface area contributed by atoms with E-state index in [-0.39, 0.29) is 6.04 Å². The zero-order valence-corrected chi connectivity index (χ0v) is 12.8.